The number of hydrogen-bond acceptors (Lipinski definition) is 5. The smallest absolute Gasteiger partial charge is 0.279 e. The molecule has 0 aliphatic carbocycles. The summed E-state index contributed by atoms with van der Waals surface area (Å²) in [5.41, 5.74) is 1.21. The highest BCUT2D eigenvalue weighted by Crippen LogP contribution is 2.20. The number of carbonyl (C=O) groups is 1. The van der Waals surface area contributed by atoms with Crippen LogP contribution in [-0.2, 0) is 21.3 Å². The molecule has 34 heavy (non-hydrogen) atoms. The number of hydrogen-bond donors (Lipinski definition) is 1. The summed E-state index contributed by atoms with van der Waals surface area (Å²) in [6, 6.07) is 18.5. The number of amides is 1. The Bertz CT molecular complexity index is 1500. The molecule has 0 aliphatic rings. The lowest BCUT2D eigenvalue weighted by Gasteiger charge is -2.08. The molecule has 0 saturated carbocycles. The van der Waals surface area contributed by atoms with E-state index in [2.05, 4.69) is 9.71 Å². The van der Waals surface area contributed by atoms with Gasteiger partial charge in [0.2, 0.25) is 0 Å². The molecule has 0 aliphatic heterocycles. The van der Waals surface area contributed by atoms with Gasteiger partial charge >= 0.3 is 0 Å². The molecule has 3 aromatic carbocycles. The van der Waals surface area contributed by atoms with Crippen molar-refractivity contribution in [1.82, 2.24) is 4.57 Å². The average molecular weight is 500 g/mol. The Labute approximate surface area is 200 Å². The van der Waals surface area contributed by atoms with Gasteiger partial charge < -0.3 is 9.30 Å². The van der Waals surface area contributed by atoms with Gasteiger partial charge in [0, 0.05) is 24.4 Å². The Hall–Kier alpha value is -3.34. The van der Waals surface area contributed by atoms with Gasteiger partial charge in [-0.15, -0.1) is 0 Å². The number of benzene rings is 3. The third-order valence-corrected chi connectivity index (χ3v) is 7.36. The maximum Gasteiger partial charge on any atom is 0.279 e. The SMILES string of the molecule is CCOCCn1c(=NC(=O)c2cccc(NS(=O)(=O)c3ccccc3)c2)sc2cc(F)ccc21. The van der Waals surface area contributed by atoms with Gasteiger partial charge in [0.05, 0.1) is 21.7 Å². The van der Waals surface area contributed by atoms with Crippen LogP contribution in [-0.4, -0.2) is 32.1 Å². The van der Waals surface area contributed by atoms with Crippen molar-refractivity contribution in [3.8, 4) is 0 Å². The zero-order valence-corrected chi connectivity index (χ0v) is 19.9. The van der Waals surface area contributed by atoms with Crippen molar-refractivity contribution in [1.29, 1.82) is 0 Å². The molecule has 0 spiro atoms. The molecule has 0 saturated heterocycles. The fraction of sp³-hybridized carbons (Fsp3) is 0.167. The van der Waals surface area contributed by atoms with Crippen LogP contribution in [0.3, 0.4) is 0 Å². The molecule has 1 heterocycles. The van der Waals surface area contributed by atoms with Gasteiger partial charge in [-0.2, -0.15) is 4.99 Å². The number of ether oxygens (including phenoxy) is 1. The van der Waals surface area contributed by atoms with Crippen LogP contribution in [0.25, 0.3) is 10.2 Å². The normalized spacial score (nSPS) is 12.2. The van der Waals surface area contributed by atoms with Gasteiger partial charge in [-0.05, 0) is 55.5 Å². The second-order valence-corrected chi connectivity index (χ2v) is 9.95. The van der Waals surface area contributed by atoms with Gasteiger partial charge in [0.25, 0.3) is 15.9 Å². The fourth-order valence-electron chi connectivity index (χ4n) is 3.33. The molecule has 1 amide bonds. The number of rotatable bonds is 8. The van der Waals surface area contributed by atoms with Crippen LogP contribution in [0.1, 0.15) is 17.3 Å². The first-order chi connectivity index (χ1) is 16.4. The minimum atomic E-state index is -3.80. The van der Waals surface area contributed by atoms with Crippen LogP contribution >= 0.6 is 11.3 Å². The minimum absolute atomic E-state index is 0.115. The number of anilines is 1. The molecule has 0 radical (unpaired) electrons. The van der Waals surface area contributed by atoms with Crippen molar-refractivity contribution in [2.75, 3.05) is 17.9 Å². The highest BCUT2D eigenvalue weighted by Gasteiger charge is 2.15. The minimum Gasteiger partial charge on any atom is -0.380 e. The quantitative estimate of drug-likeness (QED) is 0.364. The Kier molecular flexibility index (Phi) is 7.20. The summed E-state index contributed by atoms with van der Waals surface area (Å²) in [6.45, 7) is 3.30. The van der Waals surface area contributed by atoms with Crippen molar-refractivity contribution in [3.05, 3.63) is 89.0 Å². The van der Waals surface area contributed by atoms with Gasteiger partial charge in [0.1, 0.15) is 5.82 Å². The largest absolute Gasteiger partial charge is 0.380 e. The predicted molar refractivity (Wildman–Crippen MR) is 130 cm³/mol. The lowest BCUT2D eigenvalue weighted by molar-refractivity contribution is 0.0996. The van der Waals surface area contributed by atoms with Gasteiger partial charge in [-0.3, -0.25) is 9.52 Å². The summed E-state index contributed by atoms with van der Waals surface area (Å²) < 4.78 is 49.3. The monoisotopic (exact) mass is 499 g/mol. The number of fused-ring (bicyclic) bond motifs is 1. The lowest BCUT2D eigenvalue weighted by atomic mass is 10.2. The van der Waals surface area contributed by atoms with Gasteiger partial charge in [0.15, 0.2) is 4.80 Å². The van der Waals surface area contributed by atoms with Gasteiger partial charge in [-0.25, -0.2) is 12.8 Å². The Morgan fingerprint density at radius 2 is 1.88 bits per heavy atom. The number of carbonyl (C=O) groups excluding carboxylic acids is 1. The summed E-state index contributed by atoms with van der Waals surface area (Å²) in [5, 5.41) is 0. The van der Waals surface area contributed by atoms with Crippen molar-refractivity contribution >= 4 is 43.2 Å². The van der Waals surface area contributed by atoms with E-state index in [1.54, 1.807) is 42.5 Å². The van der Waals surface area contributed by atoms with Crippen LogP contribution in [0.5, 0.6) is 0 Å². The van der Waals surface area contributed by atoms with Crippen LogP contribution in [0.15, 0.2) is 82.7 Å². The van der Waals surface area contributed by atoms with E-state index < -0.39 is 15.9 Å². The first-order valence-electron chi connectivity index (χ1n) is 10.5. The molecule has 176 valence electrons. The van der Waals surface area contributed by atoms with E-state index in [1.807, 2.05) is 11.5 Å². The van der Waals surface area contributed by atoms with E-state index in [1.165, 1.54) is 41.7 Å². The van der Waals surface area contributed by atoms with Crippen molar-refractivity contribution in [2.45, 2.75) is 18.4 Å². The number of halogens is 1. The highest BCUT2D eigenvalue weighted by molar-refractivity contribution is 7.92. The molecular formula is C24H22FN3O4S2. The zero-order valence-electron chi connectivity index (χ0n) is 18.3. The Morgan fingerprint density at radius 1 is 1.09 bits per heavy atom. The molecule has 4 rings (SSSR count). The van der Waals surface area contributed by atoms with E-state index >= 15 is 0 Å². The summed E-state index contributed by atoms with van der Waals surface area (Å²) in [4.78, 5) is 17.7. The number of nitrogens with one attached hydrogen (secondary N) is 1. The standard InChI is InChI=1S/C24H22FN3O4S2/c1-2-32-14-13-28-21-12-11-18(25)16-22(21)33-24(28)26-23(29)17-7-6-8-19(15-17)27-34(30,31)20-9-4-3-5-10-20/h3-12,15-16,27H,2,13-14H2,1H3. The van der Waals surface area contributed by atoms with Crippen LogP contribution in [0.2, 0.25) is 0 Å². The predicted octanol–water partition coefficient (Wildman–Crippen LogP) is 4.42. The van der Waals surface area contributed by atoms with Crippen molar-refractivity contribution in [2.24, 2.45) is 4.99 Å². The second-order valence-electron chi connectivity index (χ2n) is 7.26. The third-order valence-electron chi connectivity index (χ3n) is 4.92. The maximum atomic E-state index is 13.7. The third kappa shape index (κ3) is 5.41. The van der Waals surface area contributed by atoms with Crippen LogP contribution in [0.4, 0.5) is 10.1 Å². The van der Waals surface area contributed by atoms with Crippen molar-refractivity contribution < 1.29 is 22.3 Å². The highest BCUT2D eigenvalue weighted by atomic mass is 32.2. The Morgan fingerprint density at radius 3 is 2.65 bits per heavy atom. The molecule has 1 N–H and O–H groups in total. The van der Waals surface area contributed by atoms with E-state index in [0.29, 0.717) is 29.3 Å². The summed E-state index contributed by atoms with van der Waals surface area (Å²) in [5.74, 6) is -0.917. The van der Waals surface area contributed by atoms with E-state index in [0.717, 1.165) is 5.52 Å². The van der Waals surface area contributed by atoms with Gasteiger partial charge in [-0.1, -0.05) is 35.6 Å². The molecule has 0 atom stereocenters. The van der Waals surface area contributed by atoms with Crippen LogP contribution < -0.4 is 9.52 Å². The molecule has 0 unspecified atom stereocenters. The zero-order chi connectivity index (χ0) is 24.1. The molecule has 0 bridgehead atoms. The number of aromatic nitrogens is 1. The molecular weight excluding hydrogens is 477 g/mol. The van der Waals surface area contributed by atoms with Crippen molar-refractivity contribution in [3.63, 3.8) is 0 Å². The van der Waals surface area contributed by atoms with Crippen LogP contribution in [0, 0.1) is 5.82 Å². The number of sulfonamides is 1. The summed E-state index contributed by atoms with van der Waals surface area (Å²) in [7, 11) is -3.80. The fourth-order valence-corrected chi connectivity index (χ4v) is 5.48. The van der Waals surface area contributed by atoms with E-state index in [9.17, 15) is 17.6 Å². The molecule has 0 fully saturated rings. The number of nitrogens with zero attached hydrogens (tertiary/aromatic N) is 2. The lowest BCUT2D eigenvalue weighted by Crippen LogP contribution is -2.20. The molecule has 10 heteroatoms. The first-order valence-corrected chi connectivity index (χ1v) is 12.8. The average Bonchev–Trinajstić information content (AvgIpc) is 3.15. The Balaban J connectivity index is 1.66. The molecule has 4 aromatic rings. The second kappa shape index (κ2) is 10.3. The topological polar surface area (TPSA) is 89.8 Å². The molecule has 7 nitrogen and oxygen atoms in total. The number of thiazole rings is 1. The summed E-state index contributed by atoms with van der Waals surface area (Å²) in [6.07, 6.45) is 0. The molecule has 1 aromatic heterocycles. The van der Waals surface area contributed by atoms with E-state index in [4.69, 9.17) is 4.74 Å². The maximum absolute atomic E-state index is 13.7. The first kappa shape index (κ1) is 23.8. The van der Waals surface area contributed by atoms with E-state index in [-0.39, 0.29) is 22.0 Å². The summed E-state index contributed by atoms with van der Waals surface area (Å²) >= 11 is 1.20.